The van der Waals surface area contributed by atoms with E-state index < -0.39 is 6.04 Å². The Morgan fingerprint density at radius 2 is 2.00 bits per heavy atom. The van der Waals surface area contributed by atoms with E-state index in [0.717, 1.165) is 0 Å². The molecule has 0 fully saturated rings. The van der Waals surface area contributed by atoms with Crippen molar-refractivity contribution in [2.75, 3.05) is 36.5 Å². The largest absolute Gasteiger partial charge is 0.371 e. The van der Waals surface area contributed by atoms with E-state index in [2.05, 4.69) is 5.32 Å². The van der Waals surface area contributed by atoms with Gasteiger partial charge in [0.25, 0.3) is 0 Å². The number of halogens is 1. The summed E-state index contributed by atoms with van der Waals surface area (Å²) in [6.45, 7) is 4.65. The molecule has 1 aromatic rings. The van der Waals surface area contributed by atoms with E-state index in [4.69, 9.17) is 5.73 Å². The van der Waals surface area contributed by atoms with Crippen molar-refractivity contribution in [2.45, 2.75) is 19.9 Å². The first-order valence-electron chi connectivity index (χ1n) is 7.65. The number of likely N-dealkylation sites (N-methyl/N-ethyl adjacent to an activating group) is 1. The van der Waals surface area contributed by atoms with Gasteiger partial charge in [-0.25, -0.2) is 4.39 Å². The predicted octanol–water partition coefficient (Wildman–Crippen LogP) is 0.708. The second-order valence-electron chi connectivity index (χ2n) is 6.09. The van der Waals surface area contributed by atoms with Crippen LogP contribution in [0.4, 0.5) is 15.8 Å². The van der Waals surface area contributed by atoms with Gasteiger partial charge in [0.2, 0.25) is 11.8 Å². The van der Waals surface area contributed by atoms with Gasteiger partial charge in [0.1, 0.15) is 5.82 Å². The third-order valence-electron chi connectivity index (χ3n) is 4.03. The van der Waals surface area contributed by atoms with Crippen LogP contribution in [-0.4, -0.2) is 44.5 Å². The third-order valence-corrected chi connectivity index (χ3v) is 4.03. The quantitative estimate of drug-likeness (QED) is 0.856. The average molecular weight is 322 g/mol. The Kier molecular flexibility index (Phi) is 5.20. The van der Waals surface area contributed by atoms with Crippen LogP contribution in [0.2, 0.25) is 0 Å². The standard InChI is InChI=1S/C16H23FN4O2/c1-10(2)15(18)16(23)19-9-14(22)21-7-6-20(3)13-8-11(17)4-5-12(13)21/h4-5,8,10,15H,6-7,9,18H2,1-3H3,(H,19,23)/t15-/m0/s1. The number of amides is 2. The minimum Gasteiger partial charge on any atom is -0.371 e. The zero-order valence-corrected chi connectivity index (χ0v) is 13.7. The van der Waals surface area contributed by atoms with Crippen LogP contribution in [-0.2, 0) is 9.59 Å². The summed E-state index contributed by atoms with van der Waals surface area (Å²) in [5.41, 5.74) is 7.06. The summed E-state index contributed by atoms with van der Waals surface area (Å²) in [6, 6.07) is 3.67. The number of nitrogens with two attached hydrogens (primary N) is 1. The van der Waals surface area contributed by atoms with Crippen molar-refractivity contribution in [3.05, 3.63) is 24.0 Å². The first kappa shape index (κ1) is 17.2. The smallest absolute Gasteiger partial charge is 0.246 e. The number of rotatable bonds is 4. The highest BCUT2D eigenvalue weighted by molar-refractivity contribution is 6.00. The number of carbonyl (C=O) groups excluding carboxylic acids is 2. The molecule has 0 saturated carbocycles. The van der Waals surface area contributed by atoms with Crippen LogP contribution in [0.1, 0.15) is 13.8 Å². The van der Waals surface area contributed by atoms with Gasteiger partial charge in [0.05, 0.1) is 24.0 Å². The van der Waals surface area contributed by atoms with Crippen molar-refractivity contribution < 1.29 is 14.0 Å². The van der Waals surface area contributed by atoms with Crippen molar-refractivity contribution in [3.8, 4) is 0 Å². The van der Waals surface area contributed by atoms with E-state index in [1.54, 1.807) is 11.0 Å². The monoisotopic (exact) mass is 322 g/mol. The summed E-state index contributed by atoms with van der Waals surface area (Å²) < 4.78 is 13.4. The minimum absolute atomic E-state index is 0.00237. The number of benzene rings is 1. The molecule has 0 radical (unpaired) electrons. The highest BCUT2D eigenvalue weighted by Crippen LogP contribution is 2.32. The molecule has 0 aliphatic carbocycles. The number of hydrogen-bond acceptors (Lipinski definition) is 4. The number of nitrogens with one attached hydrogen (secondary N) is 1. The first-order chi connectivity index (χ1) is 10.8. The summed E-state index contributed by atoms with van der Waals surface area (Å²) in [7, 11) is 1.85. The molecule has 0 unspecified atom stereocenters. The average Bonchev–Trinajstić information content (AvgIpc) is 2.52. The maximum absolute atomic E-state index is 13.4. The molecule has 23 heavy (non-hydrogen) atoms. The van der Waals surface area contributed by atoms with Crippen LogP contribution in [0.15, 0.2) is 18.2 Å². The second kappa shape index (κ2) is 6.95. The molecule has 126 valence electrons. The molecule has 2 rings (SSSR count). The maximum Gasteiger partial charge on any atom is 0.246 e. The molecule has 1 heterocycles. The Balaban J connectivity index is 2.07. The number of hydrogen-bond donors (Lipinski definition) is 2. The summed E-state index contributed by atoms with van der Waals surface area (Å²) >= 11 is 0. The van der Waals surface area contributed by atoms with Gasteiger partial charge in [-0.2, -0.15) is 0 Å². The molecule has 2 amide bonds. The van der Waals surface area contributed by atoms with Gasteiger partial charge in [0, 0.05) is 20.1 Å². The first-order valence-corrected chi connectivity index (χ1v) is 7.65. The number of carbonyl (C=O) groups is 2. The van der Waals surface area contributed by atoms with Crippen molar-refractivity contribution >= 4 is 23.2 Å². The van der Waals surface area contributed by atoms with E-state index >= 15 is 0 Å². The Hall–Kier alpha value is -2.15. The maximum atomic E-state index is 13.4. The molecular weight excluding hydrogens is 299 g/mol. The Labute approximate surface area is 135 Å². The van der Waals surface area contributed by atoms with E-state index in [0.29, 0.717) is 24.5 Å². The molecule has 3 N–H and O–H groups in total. The third kappa shape index (κ3) is 3.79. The lowest BCUT2D eigenvalue weighted by atomic mass is 10.1. The lowest BCUT2D eigenvalue weighted by molar-refractivity contribution is -0.126. The van der Waals surface area contributed by atoms with Gasteiger partial charge in [-0.1, -0.05) is 13.8 Å². The van der Waals surface area contributed by atoms with Gasteiger partial charge < -0.3 is 20.9 Å². The number of anilines is 2. The van der Waals surface area contributed by atoms with Crippen LogP contribution < -0.4 is 20.9 Å². The summed E-state index contributed by atoms with van der Waals surface area (Å²) in [6.07, 6.45) is 0. The fourth-order valence-corrected chi connectivity index (χ4v) is 2.46. The number of nitrogens with zero attached hydrogens (tertiary/aromatic N) is 2. The molecule has 0 aromatic heterocycles. The molecule has 0 bridgehead atoms. The van der Waals surface area contributed by atoms with Crippen LogP contribution >= 0.6 is 0 Å². The van der Waals surface area contributed by atoms with Gasteiger partial charge in [0.15, 0.2) is 0 Å². The van der Waals surface area contributed by atoms with Crippen LogP contribution in [0.5, 0.6) is 0 Å². The van der Waals surface area contributed by atoms with Crippen molar-refractivity contribution in [3.63, 3.8) is 0 Å². The molecule has 1 aliphatic rings. The highest BCUT2D eigenvalue weighted by Gasteiger charge is 2.26. The molecular formula is C16H23FN4O2. The second-order valence-corrected chi connectivity index (χ2v) is 6.09. The number of fused-ring (bicyclic) bond motifs is 1. The van der Waals surface area contributed by atoms with Crippen LogP contribution in [0, 0.1) is 11.7 Å². The van der Waals surface area contributed by atoms with E-state index in [-0.39, 0.29) is 30.1 Å². The van der Waals surface area contributed by atoms with Gasteiger partial charge in [-0.15, -0.1) is 0 Å². The molecule has 0 saturated heterocycles. The van der Waals surface area contributed by atoms with E-state index in [9.17, 15) is 14.0 Å². The molecule has 1 aliphatic heterocycles. The van der Waals surface area contributed by atoms with Gasteiger partial charge in [-0.3, -0.25) is 9.59 Å². The fraction of sp³-hybridized carbons (Fsp3) is 0.500. The fourth-order valence-electron chi connectivity index (χ4n) is 2.46. The highest BCUT2D eigenvalue weighted by atomic mass is 19.1. The van der Waals surface area contributed by atoms with Crippen molar-refractivity contribution in [1.29, 1.82) is 0 Å². The Morgan fingerprint density at radius 1 is 1.30 bits per heavy atom. The van der Waals surface area contributed by atoms with E-state index in [1.165, 1.54) is 12.1 Å². The van der Waals surface area contributed by atoms with E-state index in [1.807, 2.05) is 25.8 Å². The van der Waals surface area contributed by atoms with Crippen molar-refractivity contribution in [1.82, 2.24) is 5.32 Å². The summed E-state index contributed by atoms with van der Waals surface area (Å²) in [5, 5.41) is 2.57. The lowest BCUT2D eigenvalue weighted by Gasteiger charge is -2.35. The summed E-state index contributed by atoms with van der Waals surface area (Å²) in [5.74, 6) is -0.935. The normalized spacial score (nSPS) is 15.4. The molecule has 6 nitrogen and oxygen atoms in total. The lowest BCUT2D eigenvalue weighted by Crippen LogP contribution is -2.50. The predicted molar refractivity (Wildman–Crippen MR) is 87.8 cm³/mol. The molecule has 1 atom stereocenters. The molecule has 7 heteroatoms. The van der Waals surface area contributed by atoms with Crippen molar-refractivity contribution in [2.24, 2.45) is 11.7 Å². The van der Waals surface area contributed by atoms with Crippen LogP contribution in [0.25, 0.3) is 0 Å². The topological polar surface area (TPSA) is 78.7 Å². The zero-order valence-electron chi connectivity index (χ0n) is 13.7. The Bertz CT molecular complexity index is 606. The minimum atomic E-state index is -0.642. The van der Waals surface area contributed by atoms with Crippen LogP contribution in [0.3, 0.4) is 0 Å². The van der Waals surface area contributed by atoms with Gasteiger partial charge >= 0.3 is 0 Å². The summed E-state index contributed by atoms with van der Waals surface area (Å²) in [4.78, 5) is 27.7. The SMILES string of the molecule is CC(C)[C@H](N)C(=O)NCC(=O)N1CCN(C)c2cc(F)ccc21. The van der Waals surface area contributed by atoms with Gasteiger partial charge in [-0.05, 0) is 24.1 Å². The molecule has 0 spiro atoms. The zero-order chi connectivity index (χ0) is 17.1. The molecule has 1 aromatic carbocycles. The Morgan fingerprint density at radius 3 is 2.65 bits per heavy atom.